The minimum absolute atomic E-state index is 0.247. The SMILES string of the molecule is C=CCCCc1cc(C)ccc1C(C)(C)C.Cc1ccc(-c2ccc(C)cc2)cc1.Cc1cccc2ccccc12. The van der Waals surface area contributed by atoms with Gasteiger partial charge in [-0.15, -0.1) is 6.58 Å². The van der Waals surface area contributed by atoms with Crippen LogP contribution in [0.4, 0.5) is 0 Å². The maximum absolute atomic E-state index is 3.78. The Kier molecular flexibility index (Phi) is 11.7. The van der Waals surface area contributed by atoms with Gasteiger partial charge in [-0.1, -0.05) is 153 Å². The van der Waals surface area contributed by atoms with Crippen molar-refractivity contribution in [3.05, 3.63) is 155 Å². The van der Waals surface area contributed by atoms with Crippen molar-refractivity contribution in [2.24, 2.45) is 0 Å². The van der Waals surface area contributed by atoms with E-state index in [4.69, 9.17) is 0 Å². The Morgan fingerprint density at radius 2 is 1.15 bits per heavy atom. The molecule has 0 radical (unpaired) electrons. The van der Waals surface area contributed by atoms with Gasteiger partial charge in [0.1, 0.15) is 0 Å². The highest BCUT2D eigenvalue weighted by molar-refractivity contribution is 5.85. The molecule has 0 unspecified atom stereocenters. The number of fused-ring (bicyclic) bond motifs is 1. The average molecular weight is 541 g/mol. The first kappa shape index (κ1) is 31.6. The van der Waals surface area contributed by atoms with E-state index >= 15 is 0 Å². The Morgan fingerprint density at radius 3 is 1.68 bits per heavy atom. The van der Waals surface area contributed by atoms with E-state index in [1.54, 1.807) is 0 Å². The minimum Gasteiger partial charge on any atom is -0.103 e. The van der Waals surface area contributed by atoms with E-state index in [9.17, 15) is 0 Å². The van der Waals surface area contributed by atoms with Gasteiger partial charge in [-0.2, -0.15) is 0 Å². The van der Waals surface area contributed by atoms with Crippen LogP contribution in [-0.2, 0) is 11.8 Å². The van der Waals surface area contributed by atoms with Gasteiger partial charge in [0.25, 0.3) is 0 Å². The summed E-state index contributed by atoms with van der Waals surface area (Å²) in [4.78, 5) is 0. The van der Waals surface area contributed by atoms with Crippen molar-refractivity contribution in [2.75, 3.05) is 0 Å². The Balaban J connectivity index is 0.000000172. The molecule has 0 N–H and O–H groups in total. The zero-order chi connectivity index (χ0) is 29.8. The molecule has 5 rings (SSSR count). The van der Waals surface area contributed by atoms with Crippen molar-refractivity contribution >= 4 is 10.8 Å². The van der Waals surface area contributed by atoms with Gasteiger partial charge in [0, 0.05) is 0 Å². The van der Waals surface area contributed by atoms with Crippen LogP contribution in [0.25, 0.3) is 21.9 Å². The fourth-order valence-electron chi connectivity index (χ4n) is 4.98. The topological polar surface area (TPSA) is 0 Å². The maximum Gasteiger partial charge on any atom is -0.0129 e. The van der Waals surface area contributed by atoms with E-state index < -0.39 is 0 Å². The van der Waals surface area contributed by atoms with Crippen molar-refractivity contribution < 1.29 is 0 Å². The normalized spacial score (nSPS) is 10.7. The highest BCUT2D eigenvalue weighted by Crippen LogP contribution is 2.28. The van der Waals surface area contributed by atoms with Crippen molar-refractivity contribution in [2.45, 2.75) is 73.1 Å². The molecule has 0 heterocycles. The van der Waals surface area contributed by atoms with Gasteiger partial charge in [-0.3, -0.25) is 0 Å². The van der Waals surface area contributed by atoms with Crippen LogP contribution < -0.4 is 0 Å². The van der Waals surface area contributed by atoms with Gasteiger partial charge in [0.2, 0.25) is 0 Å². The number of unbranched alkanes of at least 4 members (excludes halogenated alkanes) is 1. The number of hydrogen-bond donors (Lipinski definition) is 0. The van der Waals surface area contributed by atoms with Crippen LogP contribution >= 0.6 is 0 Å². The summed E-state index contributed by atoms with van der Waals surface area (Å²) in [5.41, 5.74) is 11.1. The molecule has 0 amide bonds. The Bertz CT molecular complexity index is 1460. The quantitative estimate of drug-likeness (QED) is 0.154. The monoisotopic (exact) mass is 540 g/mol. The first-order valence-electron chi connectivity index (χ1n) is 14.9. The van der Waals surface area contributed by atoms with Crippen LogP contribution in [0.2, 0.25) is 0 Å². The molecule has 212 valence electrons. The summed E-state index contributed by atoms with van der Waals surface area (Å²) in [6.07, 6.45) is 5.49. The van der Waals surface area contributed by atoms with Gasteiger partial charge < -0.3 is 0 Å². The predicted molar refractivity (Wildman–Crippen MR) is 183 cm³/mol. The zero-order valence-electron chi connectivity index (χ0n) is 26.3. The lowest BCUT2D eigenvalue weighted by Gasteiger charge is -2.23. The molecule has 0 aliphatic heterocycles. The number of allylic oxidation sites excluding steroid dienone is 1. The van der Waals surface area contributed by atoms with Crippen LogP contribution in [0.1, 0.15) is 67.0 Å². The predicted octanol–water partition coefficient (Wildman–Crippen LogP) is 11.9. The molecule has 0 atom stereocenters. The molecular weight excluding hydrogens is 492 g/mol. The second kappa shape index (κ2) is 15.2. The third-order valence-corrected chi connectivity index (χ3v) is 7.37. The van der Waals surface area contributed by atoms with Crippen LogP contribution in [0.5, 0.6) is 0 Å². The van der Waals surface area contributed by atoms with Crippen LogP contribution in [-0.4, -0.2) is 0 Å². The molecule has 0 aromatic heterocycles. The number of aryl methyl sites for hydroxylation is 5. The summed E-state index contributed by atoms with van der Waals surface area (Å²) < 4.78 is 0. The van der Waals surface area contributed by atoms with E-state index in [1.807, 2.05) is 6.08 Å². The summed E-state index contributed by atoms with van der Waals surface area (Å²) in [5, 5.41) is 2.68. The molecule has 0 saturated heterocycles. The fourth-order valence-corrected chi connectivity index (χ4v) is 4.98. The van der Waals surface area contributed by atoms with Crippen molar-refractivity contribution in [3.8, 4) is 11.1 Å². The second-order valence-corrected chi connectivity index (χ2v) is 12.1. The lowest BCUT2D eigenvalue weighted by molar-refractivity contribution is 0.580. The van der Waals surface area contributed by atoms with Crippen LogP contribution in [0, 0.1) is 27.7 Å². The second-order valence-electron chi connectivity index (χ2n) is 12.1. The lowest BCUT2D eigenvalue weighted by Crippen LogP contribution is -2.14. The molecule has 0 nitrogen and oxygen atoms in total. The van der Waals surface area contributed by atoms with Crippen molar-refractivity contribution in [3.63, 3.8) is 0 Å². The van der Waals surface area contributed by atoms with E-state index in [1.165, 1.54) is 68.1 Å². The highest BCUT2D eigenvalue weighted by Gasteiger charge is 2.17. The van der Waals surface area contributed by atoms with Gasteiger partial charge >= 0.3 is 0 Å². The van der Waals surface area contributed by atoms with E-state index in [2.05, 4.69) is 164 Å². The zero-order valence-corrected chi connectivity index (χ0v) is 26.3. The van der Waals surface area contributed by atoms with Gasteiger partial charge in [-0.05, 0) is 91.0 Å². The summed E-state index contributed by atoms with van der Waals surface area (Å²) in [6.45, 7) is 19.2. The molecule has 0 aliphatic carbocycles. The Hall–Kier alpha value is -3.90. The standard InChI is InChI=1S/C16H24.C14H14.C11H10/c1-6-7-8-9-14-12-13(2)10-11-15(14)16(3,4)5;1-11-3-7-13(8-4-11)14-9-5-12(2)6-10-14;1-9-5-4-7-10-6-2-3-8-11(9)10/h6,10-12H,1,7-9H2,2-5H3;3-10H,1-2H3;2-8H,1H3. The number of hydrogen-bond acceptors (Lipinski definition) is 0. The molecule has 0 fully saturated rings. The first-order valence-corrected chi connectivity index (χ1v) is 14.9. The molecule has 41 heavy (non-hydrogen) atoms. The molecule has 0 aliphatic rings. The molecule has 0 spiro atoms. The van der Waals surface area contributed by atoms with E-state index in [0.29, 0.717) is 0 Å². The minimum atomic E-state index is 0.247. The highest BCUT2D eigenvalue weighted by atomic mass is 14.2. The van der Waals surface area contributed by atoms with Gasteiger partial charge in [0.05, 0.1) is 0 Å². The Labute approximate surface area is 249 Å². The average Bonchev–Trinajstić information content (AvgIpc) is 2.95. The van der Waals surface area contributed by atoms with Gasteiger partial charge in [-0.25, -0.2) is 0 Å². The first-order chi connectivity index (χ1) is 19.6. The lowest BCUT2D eigenvalue weighted by atomic mass is 9.82. The van der Waals surface area contributed by atoms with Crippen LogP contribution in [0.3, 0.4) is 0 Å². The third kappa shape index (κ3) is 9.90. The smallest absolute Gasteiger partial charge is 0.0129 e. The summed E-state index contributed by atoms with van der Waals surface area (Å²) >= 11 is 0. The van der Waals surface area contributed by atoms with E-state index in [-0.39, 0.29) is 5.41 Å². The fraction of sp³-hybridized carbons (Fsp3) is 0.268. The van der Waals surface area contributed by atoms with Crippen LogP contribution in [0.15, 0.2) is 122 Å². The summed E-state index contributed by atoms with van der Waals surface area (Å²) in [6, 6.07) is 38.9. The maximum atomic E-state index is 3.78. The molecule has 0 heteroatoms. The summed E-state index contributed by atoms with van der Waals surface area (Å²) in [7, 11) is 0. The molecule has 5 aromatic rings. The van der Waals surface area contributed by atoms with Crippen molar-refractivity contribution in [1.29, 1.82) is 0 Å². The van der Waals surface area contributed by atoms with Crippen molar-refractivity contribution in [1.82, 2.24) is 0 Å². The molecule has 0 saturated carbocycles. The van der Waals surface area contributed by atoms with E-state index in [0.717, 1.165) is 6.42 Å². The number of benzene rings is 5. The largest absolute Gasteiger partial charge is 0.103 e. The summed E-state index contributed by atoms with van der Waals surface area (Å²) in [5.74, 6) is 0. The molecule has 0 bridgehead atoms. The third-order valence-electron chi connectivity index (χ3n) is 7.37. The number of rotatable bonds is 5. The van der Waals surface area contributed by atoms with Gasteiger partial charge in [0.15, 0.2) is 0 Å². The molecule has 5 aromatic carbocycles. The molecular formula is C41H48. The Morgan fingerprint density at radius 1 is 0.610 bits per heavy atom.